The second-order valence-corrected chi connectivity index (χ2v) is 7.56. The Hall–Kier alpha value is -1.20. The third kappa shape index (κ3) is 6.36. The number of benzene rings is 1. The molecule has 24 heavy (non-hydrogen) atoms. The van der Waals surface area contributed by atoms with Crippen LogP contribution in [-0.4, -0.2) is 6.61 Å². The van der Waals surface area contributed by atoms with Gasteiger partial charge in [-0.15, -0.1) is 0 Å². The minimum absolute atomic E-state index is 0.537. The number of nitriles is 1. The first-order chi connectivity index (χ1) is 11.7. The summed E-state index contributed by atoms with van der Waals surface area (Å²) in [6.07, 6.45) is 13.6. The van der Waals surface area contributed by atoms with Crippen molar-refractivity contribution in [2.45, 2.75) is 71.1 Å². The van der Waals surface area contributed by atoms with Crippen molar-refractivity contribution in [3.63, 3.8) is 0 Å². The van der Waals surface area contributed by atoms with Gasteiger partial charge >= 0.3 is 0 Å². The Balaban J connectivity index is 1.64. The maximum Gasteiger partial charge on any atom is 0.137 e. The van der Waals surface area contributed by atoms with Crippen LogP contribution in [0.5, 0.6) is 5.75 Å². The van der Waals surface area contributed by atoms with Crippen LogP contribution in [0.1, 0.15) is 76.7 Å². The monoisotopic (exact) mass is 347 g/mol. The Labute approximate surface area is 152 Å². The molecule has 1 fully saturated rings. The summed E-state index contributed by atoms with van der Waals surface area (Å²) in [4.78, 5) is 0. The normalized spacial score (nSPS) is 20.5. The van der Waals surface area contributed by atoms with Gasteiger partial charge in [-0.2, -0.15) is 5.26 Å². The van der Waals surface area contributed by atoms with Crippen molar-refractivity contribution in [2.75, 3.05) is 6.61 Å². The maximum absolute atomic E-state index is 8.87. The van der Waals surface area contributed by atoms with Gasteiger partial charge in [0.05, 0.1) is 23.3 Å². The lowest BCUT2D eigenvalue weighted by atomic mass is 9.80. The Morgan fingerprint density at radius 1 is 1.08 bits per heavy atom. The number of halogens is 1. The van der Waals surface area contributed by atoms with Gasteiger partial charge in [0, 0.05) is 0 Å². The summed E-state index contributed by atoms with van der Waals surface area (Å²) < 4.78 is 5.90. The summed E-state index contributed by atoms with van der Waals surface area (Å²) in [5.41, 5.74) is 0.576. The lowest BCUT2D eigenvalue weighted by molar-refractivity contribution is 0.177. The summed E-state index contributed by atoms with van der Waals surface area (Å²) in [6.45, 7) is 3.02. The Morgan fingerprint density at radius 3 is 2.46 bits per heavy atom. The maximum atomic E-state index is 8.87. The molecule has 0 bridgehead atoms. The van der Waals surface area contributed by atoms with Gasteiger partial charge in [0.1, 0.15) is 5.75 Å². The van der Waals surface area contributed by atoms with Crippen LogP contribution < -0.4 is 4.74 Å². The van der Waals surface area contributed by atoms with E-state index in [1.165, 1.54) is 64.2 Å². The topological polar surface area (TPSA) is 33.0 Å². The van der Waals surface area contributed by atoms with E-state index in [1.807, 2.05) is 6.07 Å². The molecule has 0 saturated heterocycles. The number of ether oxygens (including phenoxy) is 1. The van der Waals surface area contributed by atoms with Crippen molar-refractivity contribution in [1.82, 2.24) is 0 Å². The Morgan fingerprint density at radius 2 is 1.79 bits per heavy atom. The fourth-order valence-electron chi connectivity index (χ4n) is 3.62. The third-order valence-corrected chi connectivity index (χ3v) is 5.51. The smallest absolute Gasteiger partial charge is 0.137 e. The van der Waals surface area contributed by atoms with E-state index in [1.54, 1.807) is 12.1 Å². The van der Waals surface area contributed by atoms with E-state index in [4.69, 9.17) is 21.6 Å². The van der Waals surface area contributed by atoms with Gasteiger partial charge in [-0.3, -0.25) is 0 Å². The van der Waals surface area contributed by atoms with Crippen molar-refractivity contribution in [3.05, 3.63) is 28.8 Å². The third-order valence-electron chi connectivity index (χ3n) is 5.22. The molecule has 0 aromatic heterocycles. The molecular weight excluding hydrogens is 318 g/mol. The highest BCUT2D eigenvalue weighted by Gasteiger charge is 2.21. The van der Waals surface area contributed by atoms with E-state index < -0.39 is 0 Å². The first kappa shape index (κ1) is 19.1. The largest absolute Gasteiger partial charge is 0.492 e. The molecule has 132 valence electrons. The summed E-state index contributed by atoms with van der Waals surface area (Å²) >= 11 is 6.17. The predicted molar refractivity (Wildman–Crippen MR) is 100 cm³/mol. The zero-order chi connectivity index (χ0) is 17.2. The zero-order valence-corrected chi connectivity index (χ0v) is 15.7. The average molecular weight is 348 g/mol. The van der Waals surface area contributed by atoms with E-state index >= 15 is 0 Å². The Kier molecular flexibility index (Phi) is 8.47. The molecule has 1 aliphatic carbocycles. The van der Waals surface area contributed by atoms with Crippen molar-refractivity contribution in [3.8, 4) is 11.8 Å². The molecule has 0 radical (unpaired) electrons. The van der Waals surface area contributed by atoms with Crippen molar-refractivity contribution >= 4 is 11.6 Å². The van der Waals surface area contributed by atoms with Crippen LogP contribution in [0.25, 0.3) is 0 Å². The van der Waals surface area contributed by atoms with E-state index in [0.29, 0.717) is 22.3 Å². The molecule has 2 nitrogen and oxygen atoms in total. The second kappa shape index (κ2) is 10.6. The van der Waals surface area contributed by atoms with Crippen LogP contribution in [0.15, 0.2) is 18.2 Å². The van der Waals surface area contributed by atoms with Crippen LogP contribution in [0, 0.1) is 23.2 Å². The van der Waals surface area contributed by atoms with E-state index in [9.17, 15) is 0 Å². The second-order valence-electron chi connectivity index (χ2n) is 7.16. The molecule has 0 aliphatic heterocycles. The average Bonchev–Trinajstić information content (AvgIpc) is 2.61. The van der Waals surface area contributed by atoms with Crippen LogP contribution in [0.4, 0.5) is 0 Å². The molecule has 0 heterocycles. The highest BCUT2D eigenvalue weighted by Crippen LogP contribution is 2.33. The van der Waals surface area contributed by atoms with Gasteiger partial charge in [0.25, 0.3) is 0 Å². The van der Waals surface area contributed by atoms with Crippen molar-refractivity contribution in [2.24, 2.45) is 11.8 Å². The zero-order valence-electron chi connectivity index (χ0n) is 14.9. The molecule has 3 heteroatoms. The molecule has 0 spiro atoms. The molecule has 0 unspecified atom stereocenters. The van der Waals surface area contributed by atoms with Gasteiger partial charge in [-0.05, 0) is 42.9 Å². The van der Waals surface area contributed by atoms with Crippen molar-refractivity contribution < 1.29 is 4.74 Å². The van der Waals surface area contributed by atoms with Gasteiger partial charge < -0.3 is 4.74 Å². The minimum Gasteiger partial charge on any atom is -0.492 e. The summed E-state index contributed by atoms with van der Waals surface area (Å²) in [5.74, 6) is 2.28. The molecule has 0 atom stereocenters. The van der Waals surface area contributed by atoms with Crippen molar-refractivity contribution in [1.29, 1.82) is 5.26 Å². The minimum atomic E-state index is 0.537. The first-order valence-electron chi connectivity index (χ1n) is 9.55. The van der Waals surface area contributed by atoms with Gasteiger partial charge in [0.15, 0.2) is 0 Å². The van der Waals surface area contributed by atoms with E-state index in [-0.39, 0.29) is 0 Å². The predicted octanol–water partition coefficient (Wildman–Crippen LogP) is 6.76. The number of hydrogen-bond donors (Lipinski definition) is 0. The summed E-state index contributed by atoms with van der Waals surface area (Å²) in [7, 11) is 0. The van der Waals surface area contributed by atoms with Crippen LogP contribution in [0.2, 0.25) is 5.02 Å². The molecule has 1 aliphatic rings. The Bertz CT molecular complexity index is 529. The van der Waals surface area contributed by atoms with E-state index in [2.05, 4.69) is 13.0 Å². The molecule has 2 rings (SSSR count). The standard InChI is InChI=1S/C21H30ClNO/c1-2-3-4-5-6-7-17-8-10-18(11-9-17)16-24-21-13-12-19(15-23)14-20(21)22/h12-14,17-18H,2-11,16H2,1H3/t17-,18-. The number of nitrogens with zero attached hydrogens (tertiary/aromatic N) is 1. The fraction of sp³-hybridized carbons (Fsp3) is 0.667. The molecular formula is C21H30ClNO. The molecule has 1 saturated carbocycles. The molecule has 1 aromatic rings. The van der Waals surface area contributed by atoms with Gasteiger partial charge in [-0.25, -0.2) is 0 Å². The number of rotatable bonds is 9. The summed E-state index contributed by atoms with van der Waals surface area (Å²) in [6, 6.07) is 7.34. The highest BCUT2D eigenvalue weighted by atomic mass is 35.5. The van der Waals surface area contributed by atoms with E-state index in [0.717, 1.165) is 12.5 Å². The highest BCUT2D eigenvalue weighted by molar-refractivity contribution is 6.32. The molecule has 1 aromatic carbocycles. The van der Waals surface area contributed by atoms with Crippen LogP contribution >= 0.6 is 11.6 Å². The lowest BCUT2D eigenvalue weighted by Gasteiger charge is -2.28. The molecule has 0 amide bonds. The van der Waals surface area contributed by atoms with Gasteiger partial charge in [0.2, 0.25) is 0 Å². The number of hydrogen-bond acceptors (Lipinski definition) is 2. The number of unbranched alkanes of at least 4 members (excludes halogenated alkanes) is 4. The quantitative estimate of drug-likeness (QED) is 0.462. The SMILES string of the molecule is CCCCCCC[C@H]1CC[C@H](COc2ccc(C#N)cc2Cl)CC1. The first-order valence-corrected chi connectivity index (χ1v) is 9.93. The fourth-order valence-corrected chi connectivity index (χ4v) is 3.85. The van der Waals surface area contributed by atoms with Gasteiger partial charge in [-0.1, -0.05) is 69.9 Å². The summed E-state index contributed by atoms with van der Waals surface area (Å²) in [5, 5.41) is 9.40. The van der Waals surface area contributed by atoms with Crippen LogP contribution in [-0.2, 0) is 0 Å². The lowest BCUT2D eigenvalue weighted by Crippen LogP contribution is -2.20. The van der Waals surface area contributed by atoms with Crippen LogP contribution in [0.3, 0.4) is 0 Å². The molecule has 0 N–H and O–H groups in total.